The van der Waals surface area contributed by atoms with Gasteiger partial charge in [0.05, 0.1) is 5.56 Å². The maximum atomic E-state index is 11.8. The number of hydrogen-bond acceptors (Lipinski definition) is 4. The van der Waals surface area contributed by atoms with E-state index in [1.54, 1.807) is 18.2 Å². The van der Waals surface area contributed by atoms with Crippen molar-refractivity contribution >= 4 is 17.3 Å². The number of likely N-dealkylation sites (N-methyl/N-ethyl adjacent to an activating group) is 1. The van der Waals surface area contributed by atoms with Gasteiger partial charge in [0.2, 0.25) is 0 Å². The Morgan fingerprint density at radius 2 is 2.12 bits per heavy atom. The van der Waals surface area contributed by atoms with E-state index < -0.39 is 0 Å². The van der Waals surface area contributed by atoms with Gasteiger partial charge >= 0.3 is 0 Å². The molecule has 0 saturated heterocycles. The van der Waals surface area contributed by atoms with E-state index in [-0.39, 0.29) is 5.91 Å². The first kappa shape index (κ1) is 13.3. The number of amides is 1. The molecule has 0 aliphatic heterocycles. The van der Waals surface area contributed by atoms with Crippen molar-refractivity contribution in [3.05, 3.63) is 23.8 Å². The van der Waals surface area contributed by atoms with Crippen LogP contribution in [0.2, 0.25) is 0 Å². The SMILES string of the molecule is CCN(C)CCNC(=O)c1ccc(N)cc1N. The predicted octanol–water partition coefficient (Wildman–Crippen LogP) is 0.533. The minimum absolute atomic E-state index is 0.160. The molecule has 17 heavy (non-hydrogen) atoms. The van der Waals surface area contributed by atoms with E-state index in [1.807, 2.05) is 7.05 Å². The van der Waals surface area contributed by atoms with Crippen molar-refractivity contribution in [3.8, 4) is 0 Å². The first-order valence-electron chi connectivity index (χ1n) is 5.66. The molecule has 94 valence electrons. The Balaban J connectivity index is 2.52. The van der Waals surface area contributed by atoms with Crippen LogP contribution >= 0.6 is 0 Å². The number of nitrogens with zero attached hydrogens (tertiary/aromatic N) is 1. The quantitative estimate of drug-likeness (QED) is 0.651. The number of anilines is 2. The molecule has 0 heterocycles. The number of carbonyl (C=O) groups excluding carboxylic acids is 1. The topological polar surface area (TPSA) is 84.4 Å². The Kier molecular flexibility index (Phi) is 4.78. The highest BCUT2D eigenvalue weighted by Crippen LogP contribution is 2.15. The third kappa shape index (κ3) is 3.96. The molecule has 0 spiro atoms. The van der Waals surface area contributed by atoms with Crippen molar-refractivity contribution in [1.82, 2.24) is 10.2 Å². The van der Waals surface area contributed by atoms with Gasteiger partial charge in [-0.15, -0.1) is 0 Å². The fourth-order valence-electron chi connectivity index (χ4n) is 1.40. The Labute approximate surface area is 102 Å². The van der Waals surface area contributed by atoms with E-state index in [4.69, 9.17) is 11.5 Å². The zero-order chi connectivity index (χ0) is 12.8. The standard InChI is InChI=1S/C12H20N4O/c1-3-16(2)7-6-15-12(17)10-5-4-9(13)8-11(10)14/h4-5,8H,3,6-7,13-14H2,1-2H3,(H,15,17). The fourth-order valence-corrected chi connectivity index (χ4v) is 1.40. The first-order valence-corrected chi connectivity index (χ1v) is 5.66. The summed E-state index contributed by atoms with van der Waals surface area (Å²) in [6.45, 7) is 4.45. The van der Waals surface area contributed by atoms with Crippen LogP contribution in [-0.4, -0.2) is 37.5 Å². The second-order valence-electron chi connectivity index (χ2n) is 4.00. The molecular weight excluding hydrogens is 216 g/mol. The van der Waals surface area contributed by atoms with Crippen LogP contribution in [0.25, 0.3) is 0 Å². The Morgan fingerprint density at radius 1 is 1.41 bits per heavy atom. The maximum Gasteiger partial charge on any atom is 0.253 e. The summed E-state index contributed by atoms with van der Waals surface area (Å²) in [5.74, 6) is -0.160. The lowest BCUT2D eigenvalue weighted by Crippen LogP contribution is -2.33. The molecule has 0 fully saturated rings. The molecule has 0 aromatic heterocycles. The third-order valence-corrected chi connectivity index (χ3v) is 2.64. The van der Waals surface area contributed by atoms with Crippen LogP contribution in [0, 0.1) is 0 Å². The van der Waals surface area contributed by atoms with Crippen molar-refractivity contribution in [2.45, 2.75) is 6.92 Å². The smallest absolute Gasteiger partial charge is 0.253 e. The summed E-state index contributed by atoms with van der Waals surface area (Å²) in [4.78, 5) is 13.9. The van der Waals surface area contributed by atoms with E-state index in [0.717, 1.165) is 13.1 Å². The van der Waals surface area contributed by atoms with Crippen molar-refractivity contribution < 1.29 is 4.79 Å². The van der Waals surface area contributed by atoms with Crippen LogP contribution in [0.15, 0.2) is 18.2 Å². The number of nitrogens with one attached hydrogen (secondary N) is 1. The molecule has 1 aromatic rings. The molecule has 5 N–H and O–H groups in total. The molecular formula is C12H20N4O. The van der Waals surface area contributed by atoms with Gasteiger partial charge in [0.1, 0.15) is 0 Å². The lowest BCUT2D eigenvalue weighted by Gasteiger charge is -2.14. The van der Waals surface area contributed by atoms with Crippen molar-refractivity contribution in [2.24, 2.45) is 0 Å². The number of nitrogen functional groups attached to an aromatic ring is 2. The van der Waals surface area contributed by atoms with Crippen LogP contribution in [0.1, 0.15) is 17.3 Å². The Hall–Kier alpha value is -1.75. The molecule has 0 bridgehead atoms. The highest BCUT2D eigenvalue weighted by atomic mass is 16.1. The number of carbonyl (C=O) groups is 1. The number of benzene rings is 1. The van der Waals surface area contributed by atoms with Gasteiger partial charge < -0.3 is 21.7 Å². The van der Waals surface area contributed by atoms with Gasteiger partial charge in [0, 0.05) is 24.5 Å². The molecule has 1 rings (SSSR count). The van der Waals surface area contributed by atoms with Gasteiger partial charge in [0.25, 0.3) is 5.91 Å². The number of rotatable bonds is 5. The van der Waals surface area contributed by atoms with E-state index in [2.05, 4.69) is 17.1 Å². The van der Waals surface area contributed by atoms with Gasteiger partial charge in [-0.25, -0.2) is 0 Å². The minimum Gasteiger partial charge on any atom is -0.399 e. The zero-order valence-corrected chi connectivity index (χ0v) is 10.4. The summed E-state index contributed by atoms with van der Waals surface area (Å²) in [7, 11) is 2.00. The molecule has 0 aliphatic rings. The molecule has 0 radical (unpaired) electrons. The molecule has 0 atom stereocenters. The van der Waals surface area contributed by atoms with E-state index in [9.17, 15) is 4.79 Å². The van der Waals surface area contributed by atoms with Crippen molar-refractivity contribution in [3.63, 3.8) is 0 Å². The largest absolute Gasteiger partial charge is 0.399 e. The highest BCUT2D eigenvalue weighted by molar-refractivity contribution is 5.99. The summed E-state index contributed by atoms with van der Waals surface area (Å²) in [5, 5.41) is 2.82. The summed E-state index contributed by atoms with van der Waals surface area (Å²) in [6, 6.07) is 4.90. The number of nitrogens with two attached hydrogens (primary N) is 2. The van der Waals surface area contributed by atoms with E-state index in [0.29, 0.717) is 23.5 Å². The average Bonchev–Trinajstić information content (AvgIpc) is 2.28. The van der Waals surface area contributed by atoms with Crippen LogP contribution in [0.4, 0.5) is 11.4 Å². The van der Waals surface area contributed by atoms with Gasteiger partial charge in [0.15, 0.2) is 0 Å². The van der Waals surface area contributed by atoms with E-state index in [1.165, 1.54) is 0 Å². The Morgan fingerprint density at radius 3 is 2.71 bits per heavy atom. The number of hydrogen-bond donors (Lipinski definition) is 3. The third-order valence-electron chi connectivity index (χ3n) is 2.64. The second kappa shape index (κ2) is 6.10. The molecule has 5 heteroatoms. The van der Waals surface area contributed by atoms with Crippen LogP contribution < -0.4 is 16.8 Å². The lowest BCUT2D eigenvalue weighted by molar-refractivity contribution is 0.0951. The first-order chi connectivity index (χ1) is 8.04. The molecule has 1 aromatic carbocycles. The predicted molar refractivity (Wildman–Crippen MR) is 70.8 cm³/mol. The lowest BCUT2D eigenvalue weighted by atomic mass is 10.1. The molecule has 0 aliphatic carbocycles. The van der Waals surface area contributed by atoms with Gasteiger partial charge in [-0.1, -0.05) is 6.92 Å². The monoisotopic (exact) mass is 236 g/mol. The second-order valence-corrected chi connectivity index (χ2v) is 4.00. The van der Waals surface area contributed by atoms with Gasteiger partial charge in [-0.3, -0.25) is 4.79 Å². The summed E-state index contributed by atoms with van der Waals surface area (Å²) in [5.41, 5.74) is 12.7. The highest BCUT2D eigenvalue weighted by Gasteiger charge is 2.09. The maximum absolute atomic E-state index is 11.8. The molecule has 0 unspecified atom stereocenters. The minimum atomic E-state index is -0.160. The van der Waals surface area contributed by atoms with Crippen molar-refractivity contribution in [2.75, 3.05) is 38.1 Å². The summed E-state index contributed by atoms with van der Waals surface area (Å²) < 4.78 is 0. The van der Waals surface area contributed by atoms with Crippen LogP contribution in [-0.2, 0) is 0 Å². The fraction of sp³-hybridized carbons (Fsp3) is 0.417. The Bertz CT molecular complexity index is 392. The van der Waals surface area contributed by atoms with Crippen LogP contribution in [0.3, 0.4) is 0 Å². The molecule has 5 nitrogen and oxygen atoms in total. The molecule has 0 saturated carbocycles. The zero-order valence-electron chi connectivity index (χ0n) is 10.4. The normalized spacial score (nSPS) is 10.5. The van der Waals surface area contributed by atoms with Crippen molar-refractivity contribution in [1.29, 1.82) is 0 Å². The average molecular weight is 236 g/mol. The summed E-state index contributed by atoms with van der Waals surface area (Å²) >= 11 is 0. The van der Waals surface area contributed by atoms with Crippen LogP contribution in [0.5, 0.6) is 0 Å². The molecule has 1 amide bonds. The summed E-state index contributed by atoms with van der Waals surface area (Å²) in [6.07, 6.45) is 0. The van der Waals surface area contributed by atoms with Gasteiger partial charge in [-0.2, -0.15) is 0 Å². The van der Waals surface area contributed by atoms with E-state index >= 15 is 0 Å². The van der Waals surface area contributed by atoms with Gasteiger partial charge in [-0.05, 0) is 31.8 Å².